The van der Waals surface area contributed by atoms with Gasteiger partial charge in [-0.2, -0.15) is 0 Å². The third kappa shape index (κ3) is 4.27. The van der Waals surface area contributed by atoms with Gasteiger partial charge < -0.3 is 10.0 Å². The molecule has 1 fully saturated rings. The average molecular weight is 403 g/mol. The lowest BCUT2D eigenvalue weighted by molar-refractivity contribution is 0.0765. The molecule has 7 heteroatoms. The van der Waals surface area contributed by atoms with Crippen LogP contribution in [0.2, 0.25) is 0 Å². The van der Waals surface area contributed by atoms with E-state index in [1.54, 1.807) is 11.0 Å². The molecule has 3 rings (SSSR count). The number of aliphatic hydroxyl groups excluding tert-OH is 1. The van der Waals surface area contributed by atoms with Gasteiger partial charge in [-0.3, -0.25) is 4.79 Å². The third-order valence-electron chi connectivity index (χ3n) is 5.16. The molecule has 0 aliphatic carbocycles. The molecule has 0 unspecified atom stereocenters. The molecule has 2 aromatic rings. The van der Waals surface area contributed by atoms with E-state index in [0.717, 1.165) is 21.0 Å². The van der Waals surface area contributed by atoms with Crippen molar-refractivity contribution in [1.82, 2.24) is 9.21 Å². The zero-order chi connectivity index (χ0) is 20.5. The largest absolute Gasteiger partial charge is 0.391 e. The quantitative estimate of drug-likeness (QED) is 0.830. The predicted octanol–water partition coefficient (Wildman–Crippen LogP) is 1.99. The van der Waals surface area contributed by atoms with E-state index in [0.29, 0.717) is 5.56 Å². The Balaban J connectivity index is 1.84. The number of carbonyl (C=O) groups excluding carboxylic acids is 1. The van der Waals surface area contributed by atoms with E-state index in [4.69, 9.17) is 0 Å². The van der Waals surface area contributed by atoms with Crippen molar-refractivity contribution in [2.45, 2.75) is 13.0 Å². The molecule has 1 N–H and O–H groups in total. The van der Waals surface area contributed by atoms with E-state index < -0.39 is 22.0 Å². The first-order valence-electron chi connectivity index (χ1n) is 9.22. The zero-order valence-electron chi connectivity index (χ0n) is 16.4. The Hall–Kier alpha value is -2.22. The number of benzene rings is 2. The lowest BCUT2D eigenvalue weighted by Crippen LogP contribution is -2.33. The molecule has 1 heterocycles. The Labute approximate surface area is 166 Å². The van der Waals surface area contributed by atoms with E-state index in [1.165, 1.54) is 14.1 Å². The van der Waals surface area contributed by atoms with Gasteiger partial charge in [-0.25, -0.2) is 12.7 Å². The van der Waals surface area contributed by atoms with Crippen LogP contribution in [0.1, 0.15) is 15.9 Å². The van der Waals surface area contributed by atoms with Crippen LogP contribution >= 0.6 is 0 Å². The minimum absolute atomic E-state index is 0.134. The Morgan fingerprint density at radius 2 is 1.86 bits per heavy atom. The van der Waals surface area contributed by atoms with Gasteiger partial charge in [0.25, 0.3) is 5.91 Å². The van der Waals surface area contributed by atoms with Crippen molar-refractivity contribution >= 4 is 15.9 Å². The number of rotatable bonds is 5. The maximum atomic E-state index is 13.2. The van der Waals surface area contributed by atoms with Crippen LogP contribution < -0.4 is 0 Å². The standard InChI is InChI=1S/C21H26N2O4S/c1-15-7-6-8-16(11-15)18-9-4-5-10-19(18)21(25)23-12-17(20(24)13-23)14-28(26,27)22(2)3/h4-11,17,20,24H,12-14H2,1-3H3/t17-,20+/m0/s1. The van der Waals surface area contributed by atoms with E-state index in [2.05, 4.69) is 0 Å². The fourth-order valence-corrected chi connectivity index (χ4v) is 4.67. The van der Waals surface area contributed by atoms with Crippen molar-refractivity contribution in [3.05, 3.63) is 59.7 Å². The van der Waals surface area contributed by atoms with Crippen LogP contribution in [0.15, 0.2) is 48.5 Å². The summed E-state index contributed by atoms with van der Waals surface area (Å²) in [7, 11) is -0.509. The van der Waals surface area contributed by atoms with Gasteiger partial charge in [0.05, 0.1) is 11.9 Å². The molecule has 0 bridgehead atoms. The highest BCUT2D eigenvalue weighted by molar-refractivity contribution is 7.89. The third-order valence-corrected chi connectivity index (χ3v) is 7.12. The first kappa shape index (κ1) is 20.5. The highest BCUT2D eigenvalue weighted by atomic mass is 32.2. The Kier molecular flexibility index (Phi) is 5.88. The lowest BCUT2D eigenvalue weighted by atomic mass is 9.97. The van der Waals surface area contributed by atoms with E-state index >= 15 is 0 Å². The molecular formula is C21H26N2O4S. The lowest BCUT2D eigenvalue weighted by Gasteiger charge is -2.19. The van der Waals surface area contributed by atoms with Gasteiger partial charge in [0.15, 0.2) is 0 Å². The summed E-state index contributed by atoms with van der Waals surface area (Å²) in [5.41, 5.74) is 3.44. The first-order valence-corrected chi connectivity index (χ1v) is 10.8. The van der Waals surface area contributed by atoms with Gasteiger partial charge in [0.1, 0.15) is 0 Å². The highest BCUT2D eigenvalue weighted by Gasteiger charge is 2.38. The van der Waals surface area contributed by atoms with Crippen LogP contribution in [0.4, 0.5) is 0 Å². The van der Waals surface area contributed by atoms with Crippen LogP contribution in [-0.4, -0.2) is 67.7 Å². The fourth-order valence-electron chi connectivity index (χ4n) is 3.51. The maximum absolute atomic E-state index is 13.2. The summed E-state index contributed by atoms with van der Waals surface area (Å²) in [6.07, 6.45) is -0.857. The molecule has 0 radical (unpaired) electrons. The number of nitrogens with zero attached hydrogens (tertiary/aromatic N) is 2. The van der Waals surface area contributed by atoms with Crippen molar-refractivity contribution in [3.63, 3.8) is 0 Å². The Morgan fingerprint density at radius 1 is 1.14 bits per heavy atom. The van der Waals surface area contributed by atoms with Gasteiger partial charge >= 0.3 is 0 Å². The number of carbonyl (C=O) groups is 1. The SMILES string of the molecule is Cc1cccc(-c2ccccc2C(=O)N2C[C@@H](CS(=O)(=O)N(C)C)[C@H](O)C2)c1. The van der Waals surface area contributed by atoms with Crippen molar-refractivity contribution in [2.75, 3.05) is 32.9 Å². The molecule has 150 valence electrons. The van der Waals surface area contributed by atoms with E-state index in [-0.39, 0.29) is 24.7 Å². The molecular weight excluding hydrogens is 376 g/mol. The second kappa shape index (κ2) is 8.03. The molecule has 0 saturated carbocycles. The Bertz CT molecular complexity index is 972. The number of aryl methyl sites for hydroxylation is 1. The normalized spacial score (nSPS) is 20.0. The van der Waals surface area contributed by atoms with Crippen LogP contribution in [0, 0.1) is 12.8 Å². The van der Waals surface area contributed by atoms with Gasteiger partial charge in [0, 0.05) is 38.7 Å². The summed E-state index contributed by atoms with van der Waals surface area (Å²) in [5, 5.41) is 10.3. The van der Waals surface area contributed by atoms with Crippen LogP contribution in [0.5, 0.6) is 0 Å². The second-order valence-corrected chi connectivity index (χ2v) is 9.74. The van der Waals surface area contributed by atoms with Gasteiger partial charge in [-0.15, -0.1) is 0 Å². The summed E-state index contributed by atoms with van der Waals surface area (Å²) in [6, 6.07) is 15.3. The molecule has 1 aliphatic rings. The van der Waals surface area contributed by atoms with Crippen molar-refractivity contribution in [1.29, 1.82) is 0 Å². The zero-order valence-corrected chi connectivity index (χ0v) is 17.2. The van der Waals surface area contributed by atoms with Gasteiger partial charge in [-0.05, 0) is 24.1 Å². The molecule has 2 atom stereocenters. The fraction of sp³-hybridized carbons (Fsp3) is 0.381. The predicted molar refractivity (Wildman–Crippen MR) is 109 cm³/mol. The van der Waals surface area contributed by atoms with E-state index in [9.17, 15) is 18.3 Å². The monoisotopic (exact) mass is 402 g/mol. The number of aliphatic hydroxyl groups is 1. The number of likely N-dealkylation sites (tertiary alicyclic amines) is 1. The van der Waals surface area contributed by atoms with Gasteiger partial charge in [-0.1, -0.05) is 48.0 Å². The minimum Gasteiger partial charge on any atom is -0.391 e. The summed E-state index contributed by atoms with van der Waals surface area (Å²) < 4.78 is 25.5. The van der Waals surface area contributed by atoms with Crippen LogP contribution in [0.3, 0.4) is 0 Å². The number of hydrogen-bond donors (Lipinski definition) is 1. The van der Waals surface area contributed by atoms with Crippen molar-refractivity contribution in [2.24, 2.45) is 5.92 Å². The molecule has 1 amide bonds. The van der Waals surface area contributed by atoms with Crippen molar-refractivity contribution in [3.8, 4) is 11.1 Å². The smallest absolute Gasteiger partial charge is 0.254 e. The molecule has 28 heavy (non-hydrogen) atoms. The molecule has 0 aromatic heterocycles. The maximum Gasteiger partial charge on any atom is 0.254 e. The molecule has 6 nitrogen and oxygen atoms in total. The molecule has 1 saturated heterocycles. The van der Waals surface area contributed by atoms with Crippen molar-refractivity contribution < 1.29 is 18.3 Å². The second-order valence-electron chi connectivity index (χ2n) is 7.51. The summed E-state index contributed by atoms with van der Waals surface area (Å²) >= 11 is 0. The highest BCUT2D eigenvalue weighted by Crippen LogP contribution is 2.28. The summed E-state index contributed by atoms with van der Waals surface area (Å²) in [4.78, 5) is 14.7. The number of amides is 1. The minimum atomic E-state index is -3.45. The number of sulfonamides is 1. The number of hydrogen-bond acceptors (Lipinski definition) is 4. The first-order chi connectivity index (χ1) is 13.2. The van der Waals surface area contributed by atoms with E-state index in [1.807, 2.05) is 49.4 Å². The topological polar surface area (TPSA) is 77.9 Å². The average Bonchev–Trinajstić information content (AvgIpc) is 3.01. The van der Waals surface area contributed by atoms with Crippen LogP contribution in [0.25, 0.3) is 11.1 Å². The molecule has 0 spiro atoms. The molecule has 2 aromatic carbocycles. The summed E-state index contributed by atoms with van der Waals surface area (Å²) in [5.74, 6) is -0.867. The van der Waals surface area contributed by atoms with Crippen LogP contribution in [-0.2, 0) is 10.0 Å². The number of β-amino-alcohol motifs (C(OH)–C–C–N with tert-alkyl or cyclic N) is 1. The Morgan fingerprint density at radius 3 is 2.54 bits per heavy atom. The molecule has 1 aliphatic heterocycles. The summed E-state index contributed by atoms with van der Waals surface area (Å²) in [6.45, 7) is 2.35. The van der Waals surface area contributed by atoms with Gasteiger partial charge in [0.2, 0.25) is 10.0 Å².